The molecule has 0 aliphatic rings. The lowest BCUT2D eigenvalue weighted by Crippen LogP contribution is -2.44. The van der Waals surface area contributed by atoms with Gasteiger partial charge in [-0.25, -0.2) is 4.79 Å². The highest BCUT2D eigenvalue weighted by atomic mass is 16.4. The number of nitrogens with one attached hydrogen (secondary N) is 1. The van der Waals surface area contributed by atoms with Crippen LogP contribution < -0.4 is 16.8 Å². The fraction of sp³-hybridized carbons (Fsp3) is 0.150. The Balaban J connectivity index is 1.66. The fourth-order valence-corrected chi connectivity index (χ4v) is 2.75. The highest BCUT2D eigenvalue weighted by molar-refractivity contribution is 5.97. The summed E-state index contributed by atoms with van der Waals surface area (Å²) >= 11 is 0. The molecule has 0 bridgehead atoms. The first-order valence-electron chi connectivity index (χ1n) is 8.70. The molecule has 0 aliphatic carbocycles. The quantitative estimate of drug-likeness (QED) is 0.399. The largest absolute Gasteiger partial charge is 0.478 e. The Labute approximate surface area is 166 Å². The van der Waals surface area contributed by atoms with E-state index in [2.05, 4.69) is 10.3 Å². The average Bonchev–Trinajstić information content (AvgIpc) is 3.20. The number of benzene rings is 1. The second-order valence-corrected chi connectivity index (χ2v) is 6.32. The van der Waals surface area contributed by atoms with Crippen LogP contribution in [0.1, 0.15) is 27.8 Å². The predicted molar refractivity (Wildman–Crippen MR) is 105 cm³/mol. The summed E-state index contributed by atoms with van der Waals surface area (Å²) in [6.45, 7) is 0.0278. The molecule has 7 N–H and O–H groups in total. The third kappa shape index (κ3) is 4.42. The number of aliphatic hydroxyl groups is 1. The number of nitrogens with two attached hydrogens (primary N) is 2. The number of carboxylic acid groups (broad SMARTS) is 1. The molecule has 9 heteroatoms. The third-order valence-electron chi connectivity index (χ3n) is 4.37. The molecule has 2 heterocycles. The van der Waals surface area contributed by atoms with Crippen molar-refractivity contribution in [2.45, 2.75) is 18.7 Å². The molecule has 2 atom stereocenters. The molecule has 0 aliphatic heterocycles. The van der Waals surface area contributed by atoms with Gasteiger partial charge in [-0.15, -0.1) is 0 Å². The van der Waals surface area contributed by atoms with Crippen molar-refractivity contribution in [3.8, 4) is 11.3 Å². The Morgan fingerprint density at radius 2 is 1.86 bits per heavy atom. The molecule has 150 valence electrons. The molecule has 1 aromatic carbocycles. The maximum atomic E-state index is 12.2. The molecule has 3 aromatic rings. The molecule has 3 rings (SSSR count). The van der Waals surface area contributed by atoms with Crippen molar-refractivity contribution >= 4 is 17.6 Å². The molecule has 0 unspecified atom stereocenters. The van der Waals surface area contributed by atoms with E-state index >= 15 is 0 Å². The van der Waals surface area contributed by atoms with Crippen molar-refractivity contribution in [2.24, 2.45) is 5.73 Å². The zero-order chi connectivity index (χ0) is 21.0. The molecule has 0 saturated heterocycles. The van der Waals surface area contributed by atoms with Gasteiger partial charge in [0.25, 0.3) is 0 Å². The maximum absolute atomic E-state index is 12.2. The average molecular weight is 396 g/mol. The van der Waals surface area contributed by atoms with Crippen LogP contribution in [0, 0.1) is 0 Å². The summed E-state index contributed by atoms with van der Waals surface area (Å²) in [5.41, 5.74) is 12.5. The van der Waals surface area contributed by atoms with Crippen LogP contribution in [0.3, 0.4) is 0 Å². The third-order valence-corrected chi connectivity index (χ3v) is 4.37. The summed E-state index contributed by atoms with van der Waals surface area (Å²) in [6, 6.07) is 10.7. The molecule has 0 spiro atoms. The van der Waals surface area contributed by atoms with E-state index in [1.165, 1.54) is 6.20 Å². The second kappa shape index (κ2) is 8.55. The summed E-state index contributed by atoms with van der Waals surface area (Å²) in [5.74, 6) is -1.03. The number of hydrogen-bond acceptors (Lipinski definition) is 7. The fourth-order valence-electron chi connectivity index (χ4n) is 2.75. The van der Waals surface area contributed by atoms with Crippen LogP contribution in [0.25, 0.3) is 11.3 Å². The van der Waals surface area contributed by atoms with Gasteiger partial charge in [0.2, 0.25) is 5.91 Å². The number of hydrogen-bond donors (Lipinski definition) is 5. The lowest BCUT2D eigenvalue weighted by Gasteiger charge is -2.18. The first-order chi connectivity index (χ1) is 13.9. The number of nitrogens with zero attached hydrogens (tertiary/aromatic N) is 1. The van der Waals surface area contributed by atoms with Gasteiger partial charge < -0.3 is 31.4 Å². The summed E-state index contributed by atoms with van der Waals surface area (Å²) < 4.78 is 5.63. The highest BCUT2D eigenvalue weighted by Crippen LogP contribution is 2.29. The topological polar surface area (TPSA) is 165 Å². The molecule has 0 saturated carbocycles. The zero-order valence-electron chi connectivity index (χ0n) is 15.3. The first kappa shape index (κ1) is 20.1. The number of aromatic carboxylic acids is 1. The first-order valence-corrected chi connectivity index (χ1v) is 8.70. The molecular weight excluding hydrogens is 376 g/mol. The lowest BCUT2D eigenvalue weighted by atomic mass is 10.0. The van der Waals surface area contributed by atoms with E-state index in [0.717, 1.165) is 6.20 Å². The Hall–Kier alpha value is -3.69. The summed E-state index contributed by atoms with van der Waals surface area (Å²) in [7, 11) is 0. The number of amides is 1. The normalized spacial score (nSPS) is 12.9. The summed E-state index contributed by atoms with van der Waals surface area (Å²) in [4.78, 5) is 27.3. The van der Waals surface area contributed by atoms with Gasteiger partial charge >= 0.3 is 5.97 Å². The maximum Gasteiger partial charge on any atom is 0.339 e. The van der Waals surface area contributed by atoms with Crippen molar-refractivity contribution in [3.63, 3.8) is 0 Å². The Morgan fingerprint density at radius 3 is 2.55 bits per heavy atom. The van der Waals surface area contributed by atoms with Crippen molar-refractivity contribution < 1.29 is 24.2 Å². The number of pyridine rings is 1. The van der Waals surface area contributed by atoms with E-state index in [9.17, 15) is 14.7 Å². The van der Waals surface area contributed by atoms with Crippen LogP contribution in [-0.4, -0.2) is 33.1 Å². The van der Waals surface area contributed by atoms with Crippen LogP contribution in [0.4, 0.5) is 5.69 Å². The Morgan fingerprint density at radius 1 is 1.14 bits per heavy atom. The SMILES string of the molecule is Nc1c(C(=O)O)cncc1-c1ccc(CNC(=O)[C@H](N)[C@@H](O)c2ccccc2)o1. The van der Waals surface area contributed by atoms with Gasteiger partial charge in [0, 0.05) is 12.4 Å². The molecule has 9 nitrogen and oxygen atoms in total. The molecular formula is C20H20N4O5. The standard InChI is InChI=1S/C20H20N4O5/c21-16-13(9-23-10-14(16)20(27)28)15-7-6-12(29-15)8-24-19(26)17(22)18(25)11-4-2-1-3-5-11/h1-7,9-10,17-18,25H,8,22H2,(H2,21,23)(H,24,26)(H,27,28)/t17-,18+/m1/s1. The van der Waals surface area contributed by atoms with Crippen LogP contribution >= 0.6 is 0 Å². The molecule has 0 fully saturated rings. The number of nitrogen functional groups attached to an aromatic ring is 1. The number of carboxylic acids is 1. The van der Waals surface area contributed by atoms with Crippen molar-refractivity contribution in [1.82, 2.24) is 10.3 Å². The van der Waals surface area contributed by atoms with Gasteiger partial charge in [0.05, 0.1) is 17.8 Å². The second-order valence-electron chi connectivity index (χ2n) is 6.32. The monoisotopic (exact) mass is 396 g/mol. The van der Waals surface area contributed by atoms with E-state index in [1.54, 1.807) is 42.5 Å². The summed E-state index contributed by atoms with van der Waals surface area (Å²) in [5, 5.41) is 22.0. The number of furan rings is 1. The smallest absolute Gasteiger partial charge is 0.339 e. The van der Waals surface area contributed by atoms with Gasteiger partial charge in [-0.3, -0.25) is 9.78 Å². The van der Waals surface area contributed by atoms with Gasteiger partial charge in [0.15, 0.2) is 0 Å². The minimum absolute atomic E-state index is 0.0278. The van der Waals surface area contributed by atoms with Crippen molar-refractivity contribution in [1.29, 1.82) is 0 Å². The van der Waals surface area contributed by atoms with Gasteiger partial charge in [0.1, 0.15) is 29.2 Å². The lowest BCUT2D eigenvalue weighted by molar-refractivity contribution is -0.125. The predicted octanol–water partition coefficient (Wildman–Crippen LogP) is 1.30. The molecule has 1 amide bonds. The minimum atomic E-state index is -1.19. The van der Waals surface area contributed by atoms with E-state index in [0.29, 0.717) is 22.6 Å². The van der Waals surface area contributed by atoms with E-state index in [1.807, 2.05) is 0 Å². The van der Waals surface area contributed by atoms with Crippen LogP contribution in [0.2, 0.25) is 0 Å². The number of rotatable bonds is 7. The number of carbonyl (C=O) groups excluding carboxylic acids is 1. The molecule has 0 radical (unpaired) electrons. The van der Waals surface area contributed by atoms with Crippen LogP contribution in [0.15, 0.2) is 59.3 Å². The van der Waals surface area contributed by atoms with Crippen molar-refractivity contribution in [3.05, 3.63) is 71.7 Å². The number of aliphatic hydroxyl groups excluding tert-OH is 1. The molecule has 29 heavy (non-hydrogen) atoms. The number of aromatic nitrogens is 1. The zero-order valence-corrected chi connectivity index (χ0v) is 15.3. The van der Waals surface area contributed by atoms with Gasteiger partial charge in [-0.05, 0) is 17.7 Å². The minimum Gasteiger partial charge on any atom is -0.478 e. The Kier molecular flexibility index (Phi) is 5.91. The van der Waals surface area contributed by atoms with E-state index in [-0.39, 0.29) is 17.8 Å². The van der Waals surface area contributed by atoms with E-state index < -0.39 is 24.0 Å². The van der Waals surface area contributed by atoms with Gasteiger partial charge in [-0.1, -0.05) is 30.3 Å². The van der Waals surface area contributed by atoms with Crippen LogP contribution in [-0.2, 0) is 11.3 Å². The highest BCUT2D eigenvalue weighted by Gasteiger charge is 2.24. The molecule has 2 aromatic heterocycles. The number of carbonyl (C=O) groups is 2. The van der Waals surface area contributed by atoms with E-state index in [4.69, 9.17) is 21.0 Å². The Bertz CT molecular complexity index is 1020. The number of anilines is 1. The summed E-state index contributed by atoms with van der Waals surface area (Å²) in [6.07, 6.45) is 1.41. The van der Waals surface area contributed by atoms with Crippen molar-refractivity contribution in [2.75, 3.05) is 5.73 Å². The van der Waals surface area contributed by atoms with Gasteiger partial charge in [-0.2, -0.15) is 0 Å². The van der Waals surface area contributed by atoms with Crippen LogP contribution in [0.5, 0.6) is 0 Å².